The summed E-state index contributed by atoms with van der Waals surface area (Å²) in [5.41, 5.74) is 4.81. The maximum Gasteiger partial charge on any atom is 0.256 e. The van der Waals surface area contributed by atoms with E-state index in [1.54, 1.807) is 0 Å². The number of H-pyrrole nitrogens is 1. The first-order valence-electron chi connectivity index (χ1n) is 13.6. The number of carbonyl (C=O) groups is 1. The van der Waals surface area contributed by atoms with Gasteiger partial charge in [-0.25, -0.2) is 4.98 Å². The Balaban J connectivity index is 0.00000185. The van der Waals surface area contributed by atoms with Crippen LogP contribution in [0.2, 0.25) is 0 Å². The summed E-state index contributed by atoms with van der Waals surface area (Å²) in [5, 5.41) is 11.8. The van der Waals surface area contributed by atoms with Gasteiger partial charge in [0.15, 0.2) is 0 Å². The van der Waals surface area contributed by atoms with E-state index >= 15 is 0 Å². The lowest BCUT2D eigenvalue weighted by molar-refractivity contribution is 0.0272. The van der Waals surface area contributed by atoms with Gasteiger partial charge in [-0.1, -0.05) is 12.1 Å². The number of fused-ring (bicyclic) bond motifs is 1. The van der Waals surface area contributed by atoms with Gasteiger partial charge in [0.25, 0.3) is 5.91 Å². The largest absolute Gasteiger partial charge is 0.376 e. The van der Waals surface area contributed by atoms with Crippen molar-refractivity contribution in [3.8, 4) is 11.1 Å². The van der Waals surface area contributed by atoms with E-state index in [4.69, 9.17) is 4.74 Å². The number of piperidine rings is 1. The molecule has 0 bridgehead atoms. The molecular weight excluding hydrogens is 549 g/mol. The third-order valence-corrected chi connectivity index (χ3v) is 7.72. The summed E-state index contributed by atoms with van der Waals surface area (Å²) in [6, 6.07) is 12.1. The number of hydrogen-bond acceptors (Lipinski definition) is 6. The number of amides is 1. The monoisotopic (exact) mass is 585 g/mol. The van der Waals surface area contributed by atoms with Crippen LogP contribution >= 0.6 is 24.8 Å². The predicted molar refractivity (Wildman–Crippen MR) is 163 cm³/mol. The van der Waals surface area contributed by atoms with E-state index in [0.717, 1.165) is 67.5 Å². The van der Waals surface area contributed by atoms with Crippen molar-refractivity contribution in [1.29, 1.82) is 0 Å². The normalized spacial score (nSPS) is 17.9. The lowest BCUT2D eigenvalue weighted by Crippen LogP contribution is -2.33. The number of pyridine rings is 1. The number of aromatic amines is 1. The highest BCUT2D eigenvalue weighted by Crippen LogP contribution is 2.32. The van der Waals surface area contributed by atoms with Gasteiger partial charge in [0, 0.05) is 46.7 Å². The molecule has 3 N–H and O–H groups in total. The Labute approximate surface area is 246 Å². The van der Waals surface area contributed by atoms with Crippen LogP contribution in [-0.4, -0.2) is 69.9 Å². The van der Waals surface area contributed by atoms with Crippen molar-refractivity contribution >= 4 is 47.4 Å². The molecule has 1 amide bonds. The number of hydrogen-bond donors (Lipinski definition) is 3. The highest BCUT2D eigenvalue weighted by Gasteiger charge is 2.24. The number of halogens is 2. The molecule has 4 aromatic rings. The van der Waals surface area contributed by atoms with Gasteiger partial charge in [-0.3, -0.25) is 14.4 Å². The smallest absolute Gasteiger partial charge is 0.256 e. The number of aromatic nitrogens is 4. The standard InChI is InChI=1S/C29H35N7O2.2ClH/c1-35-12-2-3-27(35)26-15-22-17-31-28(16-25(22)33-26)34-29(37)21-6-4-20(5-7-21)23-18-32-36(19-23)13-14-38-24-8-10-30-11-9-24;;/h4-7,15-19,24,27,30,33H,2-3,8-14H2,1H3,(H,31,34,37);2*1H/t27-;;/m1../s1. The highest BCUT2D eigenvalue weighted by molar-refractivity contribution is 6.04. The van der Waals surface area contributed by atoms with Crippen LogP contribution < -0.4 is 10.6 Å². The van der Waals surface area contributed by atoms with E-state index in [9.17, 15) is 4.79 Å². The van der Waals surface area contributed by atoms with E-state index in [1.165, 1.54) is 12.1 Å². The Morgan fingerprint density at radius 1 is 1.07 bits per heavy atom. The van der Waals surface area contributed by atoms with Gasteiger partial charge in [0.2, 0.25) is 0 Å². The van der Waals surface area contributed by atoms with Gasteiger partial charge in [-0.15, -0.1) is 24.8 Å². The summed E-state index contributed by atoms with van der Waals surface area (Å²) in [7, 11) is 2.16. The molecule has 2 aliphatic rings. The number of nitrogens with one attached hydrogen (secondary N) is 3. The Morgan fingerprint density at radius 2 is 1.88 bits per heavy atom. The number of rotatable bonds is 8. The molecule has 0 aliphatic carbocycles. The Morgan fingerprint density at radius 3 is 2.62 bits per heavy atom. The lowest BCUT2D eigenvalue weighted by atomic mass is 10.1. The Bertz CT molecular complexity index is 1400. The van der Waals surface area contributed by atoms with Crippen LogP contribution in [-0.2, 0) is 11.3 Å². The maximum absolute atomic E-state index is 12.9. The zero-order valence-electron chi connectivity index (χ0n) is 22.6. The number of carbonyl (C=O) groups excluding carboxylic acids is 1. The molecule has 3 aromatic heterocycles. The van der Waals surface area contributed by atoms with Crippen molar-refractivity contribution in [2.45, 2.75) is 44.4 Å². The van der Waals surface area contributed by atoms with Gasteiger partial charge in [-0.05, 0) is 76.1 Å². The molecule has 0 unspecified atom stereocenters. The van der Waals surface area contributed by atoms with Crippen molar-refractivity contribution in [2.75, 3.05) is 38.6 Å². The maximum atomic E-state index is 12.9. The summed E-state index contributed by atoms with van der Waals surface area (Å²) < 4.78 is 7.90. The fourth-order valence-corrected chi connectivity index (χ4v) is 5.51. The fraction of sp³-hybridized carbons (Fsp3) is 0.414. The Hall–Kier alpha value is -2.95. The molecule has 9 nitrogen and oxygen atoms in total. The topological polar surface area (TPSA) is 100 Å². The molecule has 1 atom stereocenters. The third kappa shape index (κ3) is 6.85. The van der Waals surface area contributed by atoms with Crippen molar-refractivity contribution < 1.29 is 9.53 Å². The van der Waals surface area contributed by atoms with E-state index in [-0.39, 0.29) is 30.7 Å². The number of ether oxygens (including phenoxy) is 1. The zero-order chi connectivity index (χ0) is 25.9. The first-order chi connectivity index (χ1) is 18.6. The van der Waals surface area contributed by atoms with Crippen LogP contribution in [0.15, 0.2) is 55.0 Å². The van der Waals surface area contributed by atoms with Gasteiger partial charge in [0.1, 0.15) is 5.82 Å². The van der Waals surface area contributed by atoms with Crippen molar-refractivity contribution in [3.63, 3.8) is 0 Å². The molecule has 6 rings (SSSR count). The number of likely N-dealkylation sites (tertiary alicyclic amines) is 1. The van der Waals surface area contributed by atoms with Crippen LogP contribution in [0.3, 0.4) is 0 Å². The fourth-order valence-electron chi connectivity index (χ4n) is 5.51. The van der Waals surface area contributed by atoms with Crippen LogP contribution in [0.4, 0.5) is 5.82 Å². The molecule has 5 heterocycles. The highest BCUT2D eigenvalue weighted by atomic mass is 35.5. The molecule has 214 valence electrons. The zero-order valence-corrected chi connectivity index (χ0v) is 24.3. The van der Waals surface area contributed by atoms with Crippen molar-refractivity contribution in [1.82, 2.24) is 30.0 Å². The quantitative estimate of drug-likeness (QED) is 0.267. The Kier molecular flexibility index (Phi) is 10.2. The molecule has 2 aliphatic heterocycles. The van der Waals surface area contributed by atoms with E-state index in [1.807, 2.05) is 53.6 Å². The summed E-state index contributed by atoms with van der Waals surface area (Å²) in [6.45, 7) is 4.56. The average molecular weight is 587 g/mol. The minimum absolute atomic E-state index is 0. The first kappa shape index (κ1) is 30.0. The average Bonchev–Trinajstić information content (AvgIpc) is 3.69. The van der Waals surface area contributed by atoms with Gasteiger partial charge in [0.05, 0.1) is 31.0 Å². The van der Waals surface area contributed by atoms with Crippen LogP contribution in [0.1, 0.15) is 47.8 Å². The number of benzene rings is 1. The number of anilines is 1. The summed E-state index contributed by atoms with van der Waals surface area (Å²) in [6.07, 6.45) is 10.6. The molecule has 40 heavy (non-hydrogen) atoms. The summed E-state index contributed by atoms with van der Waals surface area (Å²) >= 11 is 0. The third-order valence-electron chi connectivity index (χ3n) is 7.72. The van der Waals surface area contributed by atoms with Crippen molar-refractivity contribution in [3.05, 3.63) is 66.2 Å². The van der Waals surface area contributed by atoms with Gasteiger partial charge < -0.3 is 20.4 Å². The second-order valence-corrected chi connectivity index (χ2v) is 10.4. The van der Waals surface area contributed by atoms with Crippen LogP contribution in [0, 0.1) is 0 Å². The SMILES string of the molecule is CN1CCC[C@@H]1c1cc2cnc(NC(=O)c3ccc(-c4cnn(CCOC5CCNCC5)c4)cc3)cc2[nH]1.Cl.Cl. The van der Waals surface area contributed by atoms with Crippen molar-refractivity contribution in [2.24, 2.45) is 0 Å². The second-order valence-electron chi connectivity index (χ2n) is 10.4. The summed E-state index contributed by atoms with van der Waals surface area (Å²) in [5.74, 6) is 0.351. The molecule has 11 heteroatoms. The van der Waals surface area contributed by atoms with Crippen LogP contribution in [0.25, 0.3) is 22.0 Å². The molecule has 0 radical (unpaired) electrons. The molecule has 2 saturated heterocycles. The molecule has 0 saturated carbocycles. The minimum Gasteiger partial charge on any atom is -0.376 e. The second kappa shape index (κ2) is 13.6. The molecule has 0 spiro atoms. The molecular formula is C29H37Cl2N7O2. The van der Waals surface area contributed by atoms with Crippen LogP contribution in [0.5, 0.6) is 0 Å². The molecule has 2 fully saturated rings. The molecule has 1 aromatic carbocycles. The van der Waals surface area contributed by atoms with E-state index < -0.39 is 0 Å². The predicted octanol–water partition coefficient (Wildman–Crippen LogP) is 5.06. The lowest BCUT2D eigenvalue weighted by Gasteiger charge is -2.22. The van der Waals surface area contributed by atoms with E-state index in [0.29, 0.717) is 30.1 Å². The first-order valence-corrected chi connectivity index (χ1v) is 13.6. The number of nitrogens with zero attached hydrogens (tertiary/aromatic N) is 4. The van der Waals surface area contributed by atoms with Gasteiger partial charge in [-0.2, -0.15) is 5.10 Å². The van der Waals surface area contributed by atoms with E-state index in [2.05, 4.69) is 43.7 Å². The minimum atomic E-state index is -0.184. The van der Waals surface area contributed by atoms with Gasteiger partial charge >= 0.3 is 0 Å². The summed E-state index contributed by atoms with van der Waals surface area (Å²) in [4.78, 5) is 23.3.